The van der Waals surface area contributed by atoms with Gasteiger partial charge in [0.2, 0.25) is 5.96 Å². The van der Waals surface area contributed by atoms with E-state index in [2.05, 4.69) is 15.6 Å². The van der Waals surface area contributed by atoms with Crippen LogP contribution in [0.25, 0.3) is 6.08 Å². The minimum Gasteiger partial charge on any atom is -0.508 e. The predicted molar refractivity (Wildman–Crippen MR) is 66.8 cm³/mol. The molecule has 0 aliphatic carbocycles. The molecule has 1 aromatic carbocycles. The Kier molecular flexibility index (Phi) is 3.59. The molecule has 94 valence electrons. The highest BCUT2D eigenvalue weighted by Crippen LogP contribution is 2.13. The van der Waals surface area contributed by atoms with Gasteiger partial charge < -0.3 is 15.5 Å². The fourth-order valence-electron chi connectivity index (χ4n) is 1.47. The van der Waals surface area contributed by atoms with E-state index in [0.717, 1.165) is 5.56 Å². The van der Waals surface area contributed by atoms with Crippen LogP contribution in [0.2, 0.25) is 0 Å². The van der Waals surface area contributed by atoms with Gasteiger partial charge in [0.15, 0.2) is 0 Å². The molecule has 1 heterocycles. The molecule has 1 fully saturated rings. The number of aliphatic hydroxyl groups is 1. The van der Waals surface area contributed by atoms with Crippen molar-refractivity contribution >= 4 is 17.9 Å². The summed E-state index contributed by atoms with van der Waals surface area (Å²) in [5.41, 5.74) is 1.16. The molecule has 1 amide bonds. The summed E-state index contributed by atoms with van der Waals surface area (Å²) in [5.74, 6) is 0.227. The van der Waals surface area contributed by atoms with E-state index >= 15 is 0 Å². The van der Waals surface area contributed by atoms with Crippen molar-refractivity contribution < 1.29 is 15.0 Å². The van der Waals surface area contributed by atoms with E-state index in [-0.39, 0.29) is 24.8 Å². The number of amides is 1. The van der Waals surface area contributed by atoms with E-state index in [9.17, 15) is 4.79 Å². The van der Waals surface area contributed by atoms with Gasteiger partial charge in [-0.3, -0.25) is 15.1 Å². The smallest absolute Gasteiger partial charge is 0.274 e. The molecule has 6 nitrogen and oxygen atoms in total. The van der Waals surface area contributed by atoms with Crippen molar-refractivity contribution in [2.45, 2.75) is 0 Å². The molecule has 0 saturated carbocycles. The second-order valence-electron chi connectivity index (χ2n) is 3.68. The summed E-state index contributed by atoms with van der Waals surface area (Å²) in [5, 5.41) is 23.1. The first-order valence-electron chi connectivity index (χ1n) is 5.43. The van der Waals surface area contributed by atoms with Crippen LogP contribution in [0, 0.1) is 0 Å². The lowest BCUT2D eigenvalue weighted by Crippen LogP contribution is -2.25. The molecule has 2 rings (SSSR count). The van der Waals surface area contributed by atoms with E-state index in [1.807, 2.05) is 0 Å². The molecule has 18 heavy (non-hydrogen) atoms. The molecule has 4 N–H and O–H groups in total. The van der Waals surface area contributed by atoms with E-state index in [1.54, 1.807) is 30.3 Å². The van der Waals surface area contributed by atoms with Crippen LogP contribution in [0.5, 0.6) is 5.75 Å². The Balaban J connectivity index is 2.14. The molecule has 0 spiro atoms. The number of guanidine groups is 1. The predicted octanol–water partition coefficient (Wildman–Crippen LogP) is -0.199. The Morgan fingerprint density at radius 1 is 1.22 bits per heavy atom. The third-order valence-corrected chi connectivity index (χ3v) is 2.30. The highest BCUT2D eigenvalue weighted by atomic mass is 16.3. The van der Waals surface area contributed by atoms with Gasteiger partial charge in [-0.15, -0.1) is 0 Å². The van der Waals surface area contributed by atoms with Gasteiger partial charge in [-0.25, -0.2) is 0 Å². The highest BCUT2D eigenvalue weighted by Gasteiger charge is 2.21. The van der Waals surface area contributed by atoms with Crippen LogP contribution >= 0.6 is 0 Å². The van der Waals surface area contributed by atoms with Crippen molar-refractivity contribution in [2.75, 3.05) is 13.2 Å². The SMILES string of the molecule is O=C1NC(=NCCO)N/C1=C\c1ccc(O)cc1. The number of aliphatic hydroxyl groups excluding tert-OH is 1. The number of carbonyl (C=O) groups is 1. The number of phenols is 1. The Bertz CT molecular complexity index is 506. The largest absolute Gasteiger partial charge is 0.508 e. The lowest BCUT2D eigenvalue weighted by atomic mass is 10.2. The number of aromatic hydroxyl groups is 1. The quantitative estimate of drug-likeness (QED) is 0.556. The summed E-state index contributed by atoms with van der Waals surface area (Å²) in [7, 11) is 0. The number of phenolic OH excluding ortho intramolecular Hbond substituents is 1. The van der Waals surface area contributed by atoms with Crippen molar-refractivity contribution in [3.63, 3.8) is 0 Å². The first kappa shape index (κ1) is 12.1. The maximum Gasteiger partial charge on any atom is 0.274 e. The molecule has 1 aromatic rings. The molecule has 0 unspecified atom stereocenters. The zero-order chi connectivity index (χ0) is 13.0. The van der Waals surface area contributed by atoms with E-state index < -0.39 is 0 Å². The Labute approximate surface area is 104 Å². The van der Waals surface area contributed by atoms with Gasteiger partial charge in [0.05, 0.1) is 13.2 Å². The molecular formula is C12H13N3O3. The van der Waals surface area contributed by atoms with E-state index in [1.165, 1.54) is 0 Å². The first-order chi connectivity index (χ1) is 8.69. The molecular weight excluding hydrogens is 234 g/mol. The summed E-state index contributed by atoms with van der Waals surface area (Å²) in [6.45, 7) is 0.160. The number of hydrogen-bond acceptors (Lipinski definition) is 4. The fourth-order valence-corrected chi connectivity index (χ4v) is 1.47. The Hall–Kier alpha value is -2.34. The summed E-state index contributed by atoms with van der Waals surface area (Å²) >= 11 is 0. The van der Waals surface area contributed by atoms with Crippen molar-refractivity contribution in [1.82, 2.24) is 10.6 Å². The zero-order valence-corrected chi connectivity index (χ0v) is 9.55. The van der Waals surface area contributed by atoms with Gasteiger partial charge in [0.1, 0.15) is 11.4 Å². The summed E-state index contributed by atoms with van der Waals surface area (Å²) in [6.07, 6.45) is 1.65. The van der Waals surface area contributed by atoms with Crippen LogP contribution < -0.4 is 10.6 Å². The molecule has 1 aliphatic rings. The van der Waals surface area contributed by atoms with Crippen LogP contribution in [0.1, 0.15) is 5.56 Å². The second-order valence-corrected chi connectivity index (χ2v) is 3.68. The Morgan fingerprint density at radius 2 is 1.94 bits per heavy atom. The number of nitrogens with zero attached hydrogens (tertiary/aromatic N) is 1. The number of benzene rings is 1. The number of rotatable bonds is 3. The normalized spacial score (nSPS) is 19.1. The van der Waals surface area contributed by atoms with Crippen molar-refractivity contribution in [2.24, 2.45) is 4.99 Å². The first-order valence-corrected chi connectivity index (χ1v) is 5.43. The molecule has 0 radical (unpaired) electrons. The van der Waals surface area contributed by atoms with Crippen LogP contribution in [0.15, 0.2) is 35.0 Å². The number of nitrogens with one attached hydrogen (secondary N) is 2. The van der Waals surface area contributed by atoms with Crippen molar-refractivity contribution in [1.29, 1.82) is 0 Å². The van der Waals surface area contributed by atoms with Crippen molar-refractivity contribution in [3.8, 4) is 5.75 Å². The molecule has 6 heteroatoms. The lowest BCUT2D eigenvalue weighted by molar-refractivity contribution is -0.115. The number of aliphatic imine (C=N–C) groups is 1. The summed E-state index contributed by atoms with van der Waals surface area (Å²) in [6, 6.07) is 6.47. The van der Waals surface area contributed by atoms with Gasteiger partial charge in [-0.2, -0.15) is 0 Å². The molecule has 1 saturated heterocycles. The third-order valence-electron chi connectivity index (χ3n) is 2.30. The average molecular weight is 247 g/mol. The van der Waals surface area contributed by atoms with Crippen molar-refractivity contribution in [3.05, 3.63) is 35.5 Å². The van der Waals surface area contributed by atoms with E-state index in [4.69, 9.17) is 10.2 Å². The van der Waals surface area contributed by atoms with Gasteiger partial charge in [-0.1, -0.05) is 12.1 Å². The van der Waals surface area contributed by atoms with Crippen LogP contribution in [0.3, 0.4) is 0 Å². The lowest BCUT2D eigenvalue weighted by Gasteiger charge is -1.97. The standard InChI is InChI=1S/C12H13N3O3/c16-6-5-13-12-14-10(11(18)15-12)7-8-1-3-9(17)4-2-8/h1-4,7,16-17H,5-6H2,(H2,13,14,15,18)/b10-7-. The molecule has 1 aliphatic heterocycles. The maximum atomic E-state index is 11.6. The maximum absolute atomic E-state index is 11.6. The van der Waals surface area contributed by atoms with E-state index in [0.29, 0.717) is 11.7 Å². The van der Waals surface area contributed by atoms with Gasteiger partial charge in [0, 0.05) is 0 Å². The fraction of sp³-hybridized carbons (Fsp3) is 0.167. The summed E-state index contributed by atoms with van der Waals surface area (Å²) < 4.78 is 0. The Morgan fingerprint density at radius 3 is 2.61 bits per heavy atom. The second kappa shape index (κ2) is 5.33. The number of hydrogen-bond donors (Lipinski definition) is 4. The minimum atomic E-state index is -0.278. The van der Waals surface area contributed by atoms with Crippen LogP contribution in [-0.4, -0.2) is 35.2 Å². The van der Waals surface area contributed by atoms with Gasteiger partial charge >= 0.3 is 0 Å². The number of carbonyl (C=O) groups excluding carboxylic acids is 1. The van der Waals surface area contributed by atoms with Gasteiger partial charge in [0.25, 0.3) is 5.91 Å². The monoisotopic (exact) mass is 247 g/mol. The molecule has 0 aromatic heterocycles. The molecule has 0 atom stereocenters. The van der Waals surface area contributed by atoms with Crippen LogP contribution in [0.4, 0.5) is 0 Å². The molecule has 0 bridgehead atoms. The van der Waals surface area contributed by atoms with Gasteiger partial charge in [-0.05, 0) is 23.8 Å². The average Bonchev–Trinajstić information content (AvgIpc) is 2.70. The zero-order valence-electron chi connectivity index (χ0n) is 9.55. The topological polar surface area (TPSA) is 94.0 Å². The summed E-state index contributed by atoms with van der Waals surface area (Å²) in [4.78, 5) is 15.5. The van der Waals surface area contributed by atoms with Crippen LogP contribution in [-0.2, 0) is 4.79 Å². The highest BCUT2D eigenvalue weighted by molar-refractivity contribution is 6.15. The minimum absolute atomic E-state index is 0.0714. The third kappa shape index (κ3) is 2.86.